The summed E-state index contributed by atoms with van der Waals surface area (Å²) < 4.78 is 16.2. The van der Waals surface area contributed by atoms with Crippen molar-refractivity contribution in [2.24, 2.45) is 0 Å². The SMILES string of the molecule is COCOc1ccc2c(c1)CN(C(=O)OC(C)(C)C)[C@H]([C@H](O)CNC(=O)c1ccnc(NC3CCN(C(C)=O)CC3)c1)C2.O=C(NC[C@@H](O)[C@@H]1Cc2ccc(O)cc2CN1)c1ccncc1. The normalized spacial score (nSPS) is 18.0. The lowest BCUT2D eigenvalue weighted by Gasteiger charge is -2.40. The number of hydrogen-bond donors (Lipinski definition) is 7. The largest absolute Gasteiger partial charge is 0.508 e. The van der Waals surface area contributed by atoms with Gasteiger partial charge in [0.25, 0.3) is 11.8 Å². The first kappa shape index (κ1) is 49.1. The summed E-state index contributed by atoms with van der Waals surface area (Å²) in [6.07, 6.45) is 5.00. The molecule has 4 aromatic rings. The van der Waals surface area contributed by atoms with Gasteiger partial charge in [-0.25, -0.2) is 9.78 Å². The van der Waals surface area contributed by atoms with Crippen LogP contribution in [0.15, 0.2) is 79.3 Å². The summed E-state index contributed by atoms with van der Waals surface area (Å²) >= 11 is 0. The molecule has 0 aliphatic carbocycles. The molecular formula is C48H62N8O10. The number of nitrogens with zero attached hydrogens (tertiary/aromatic N) is 4. The molecule has 1 fully saturated rings. The Hall–Kier alpha value is -6.34. The monoisotopic (exact) mass is 910 g/mol. The highest BCUT2D eigenvalue weighted by Gasteiger charge is 2.37. The van der Waals surface area contributed by atoms with Crippen molar-refractivity contribution in [3.05, 3.63) is 113 Å². The highest BCUT2D eigenvalue weighted by atomic mass is 16.7. The number of rotatable bonds is 13. The van der Waals surface area contributed by atoms with Crippen LogP contribution in [0.5, 0.6) is 11.5 Å². The van der Waals surface area contributed by atoms with Crippen molar-refractivity contribution in [3.8, 4) is 11.5 Å². The number of anilines is 1. The molecule has 0 bridgehead atoms. The molecule has 5 heterocycles. The Morgan fingerprint density at radius 3 is 2.20 bits per heavy atom. The van der Waals surface area contributed by atoms with Crippen molar-refractivity contribution < 1.29 is 48.7 Å². The van der Waals surface area contributed by atoms with E-state index in [0.29, 0.717) is 55.2 Å². The number of aromatic nitrogens is 2. The third kappa shape index (κ3) is 13.8. The second-order valence-corrected chi connectivity index (χ2v) is 17.7. The van der Waals surface area contributed by atoms with E-state index in [1.165, 1.54) is 4.90 Å². The van der Waals surface area contributed by atoms with Crippen LogP contribution in [-0.4, -0.2) is 135 Å². The van der Waals surface area contributed by atoms with E-state index in [2.05, 4.69) is 31.2 Å². The van der Waals surface area contributed by atoms with E-state index in [1.807, 2.05) is 29.2 Å². The predicted octanol–water partition coefficient (Wildman–Crippen LogP) is 3.53. The lowest BCUT2D eigenvalue weighted by Crippen LogP contribution is -2.54. The molecule has 3 aliphatic heterocycles. The summed E-state index contributed by atoms with van der Waals surface area (Å²) in [5.74, 6) is 0.912. The molecule has 3 aliphatic rings. The molecule has 4 atom stereocenters. The van der Waals surface area contributed by atoms with Gasteiger partial charge in [0.1, 0.15) is 22.9 Å². The molecule has 4 amide bonds. The Kier molecular flexibility index (Phi) is 16.9. The number of methoxy groups -OCH3 is 1. The Morgan fingerprint density at radius 1 is 0.833 bits per heavy atom. The molecule has 7 rings (SSSR count). The zero-order chi connectivity index (χ0) is 47.4. The smallest absolute Gasteiger partial charge is 0.410 e. The number of piperidine rings is 1. The minimum atomic E-state index is -1.06. The minimum Gasteiger partial charge on any atom is -0.508 e. The number of ether oxygens (including phenoxy) is 3. The van der Waals surface area contributed by atoms with Crippen molar-refractivity contribution in [2.45, 2.75) is 102 Å². The quantitative estimate of drug-likeness (QED) is 0.0952. The van der Waals surface area contributed by atoms with Crippen LogP contribution in [0.1, 0.15) is 83.5 Å². The predicted molar refractivity (Wildman–Crippen MR) is 245 cm³/mol. The zero-order valence-corrected chi connectivity index (χ0v) is 38.2. The fourth-order valence-corrected chi connectivity index (χ4v) is 8.04. The van der Waals surface area contributed by atoms with Gasteiger partial charge in [-0.15, -0.1) is 0 Å². The van der Waals surface area contributed by atoms with E-state index in [1.54, 1.807) is 89.8 Å². The van der Waals surface area contributed by atoms with Crippen molar-refractivity contribution in [1.29, 1.82) is 0 Å². The lowest BCUT2D eigenvalue weighted by atomic mass is 9.91. The number of amides is 4. The molecule has 66 heavy (non-hydrogen) atoms. The van der Waals surface area contributed by atoms with E-state index in [-0.39, 0.29) is 62.0 Å². The molecule has 0 saturated carbocycles. The molecule has 7 N–H and O–H groups in total. The second-order valence-electron chi connectivity index (χ2n) is 17.7. The average Bonchev–Trinajstić information content (AvgIpc) is 3.31. The summed E-state index contributed by atoms with van der Waals surface area (Å²) in [6.45, 7) is 9.32. The van der Waals surface area contributed by atoms with E-state index >= 15 is 0 Å². The summed E-state index contributed by atoms with van der Waals surface area (Å²) in [7, 11) is 1.54. The molecule has 0 unspecified atom stereocenters. The first-order valence-corrected chi connectivity index (χ1v) is 22.1. The molecule has 18 heteroatoms. The number of phenols is 1. The number of hydrogen-bond acceptors (Lipinski definition) is 14. The van der Waals surface area contributed by atoms with Crippen molar-refractivity contribution >= 4 is 29.6 Å². The number of carbonyl (C=O) groups is 4. The van der Waals surface area contributed by atoms with Gasteiger partial charge in [0.05, 0.1) is 18.2 Å². The fourth-order valence-electron chi connectivity index (χ4n) is 8.04. The van der Waals surface area contributed by atoms with Crippen LogP contribution in [0.25, 0.3) is 0 Å². The standard InChI is InChI=1S/C31H43N5O7.C17H19N3O3/c1-20(37)35-12-9-24(10-13-35)34-28-16-22(8-11-32-28)29(39)33-17-27(38)26-15-21-6-7-25(42-19-41-5)14-23(21)18-36(26)30(40)43-31(2,3)4;21-14-2-1-12-8-15(19-9-13(12)7-14)16(22)10-20-17(23)11-3-5-18-6-4-11/h6-8,11,14,16,24,26-27,38H,9-10,12-13,15,17-19H2,1-5H3,(H,32,34)(H,33,39);1-7,15-16,19,21-22H,8-10H2,(H,20,23)/t26-,27+;15-,16+/m00/s1. The van der Waals surface area contributed by atoms with Crippen LogP contribution in [0, 0.1) is 0 Å². The Bertz CT molecular complexity index is 2290. The lowest BCUT2D eigenvalue weighted by molar-refractivity contribution is -0.129. The number of fused-ring (bicyclic) bond motifs is 2. The number of likely N-dealkylation sites (tertiary alicyclic amines) is 1. The Morgan fingerprint density at radius 2 is 1.50 bits per heavy atom. The number of carbonyl (C=O) groups excluding carboxylic acids is 4. The number of aliphatic hydroxyl groups is 2. The van der Waals surface area contributed by atoms with Crippen molar-refractivity contribution in [2.75, 3.05) is 45.4 Å². The maximum atomic E-state index is 13.2. The molecule has 354 valence electrons. The van der Waals surface area contributed by atoms with Gasteiger partial charge in [-0.1, -0.05) is 12.1 Å². The van der Waals surface area contributed by atoms with Gasteiger partial charge in [0.15, 0.2) is 6.79 Å². The zero-order valence-electron chi connectivity index (χ0n) is 38.2. The first-order chi connectivity index (χ1) is 31.6. The van der Waals surface area contributed by atoms with Gasteiger partial charge < -0.3 is 55.7 Å². The third-order valence-electron chi connectivity index (χ3n) is 11.6. The molecular weight excluding hydrogens is 849 g/mol. The highest BCUT2D eigenvalue weighted by molar-refractivity contribution is 5.95. The van der Waals surface area contributed by atoms with E-state index in [4.69, 9.17) is 14.2 Å². The van der Waals surface area contributed by atoms with Crippen LogP contribution in [0.2, 0.25) is 0 Å². The number of aromatic hydroxyl groups is 1. The summed E-state index contributed by atoms with van der Waals surface area (Å²) in [5, 5.41) is 43.2. The molecule has 2 aromatic heterocycles. The molecule has 0 spiro atoms. The maximum absolute atomic E-state index is 13.2. The second kappa shape index (κ2) is 22.7. The maximum Gasteiger partial charge on any atom is 0.410 e. The fraction of sp³-hybridized carbons (Fsp3) is 0.458. The summed E-state index contributed by atoms with van der Waals surface area (Å²) in [5.41, 5.74) is 4.19. The summed E-state index contributed by atoms with van der Waals surface area (Å²) in [4.78, 5) is 61.4. The number of aliphatic hydroxyl groups excluding tert-OH is 2. The highest BCUT2D eigenvalue weighted by Crippen LogP contribution is 2.30. The average molecular weight is 911 g/mol. The third-order valence-corrected chi connectivity index (χ3v) is 11.6. The van der Waals surface area contributed by atoms with Crippen LogP contribution in [-0.2, 0) is 40.2 Å². The number of nitrogens with one attached hydrogen (secondary N) is 4. The topological polar surface area (TPSA) is 237 Å². The Labute approximate surface area is 385 Å². The van der Waals surface area contributed by atoms with E-state index in [9.17, 15) is 34.5 Å². The van der Waals surface area contributed by atoms with E-state index < -0.39 is 29.9 Å². The number of phenolic OH excluding ortho intramolecular Hbond substituents is 1. The van der Waals surface area contributed by atoms with Gasteiger partial charge in [-0.05, 0) is 117 Å². The Balaban J connectivity index is 0.000000262. The summed E-state index contributed by atoms with van der Waals surface area (Å²) in [6, 6.07) is 16.8. The molecule has 18 nitrogen and oxygen atoms in total. The molecule has 0 radical (unpaired) electrons. The van der Waals surface area contributed by atoms with Crippen LogP contribution < -0.4 is 26.0 Å². The van der Waals surface area contributed by atoms with Crippen molar-refractivity contribution in [1.82, 2.24) is 35.7 Å². The van der Waals surface area contributed by atoms with Gasteiger partial charge >= 0.3 is 6.09 Å². The number of pyridine rings is 2. The first-order valence-electron chi connectivity index (χ1n) is 22.1. The minimum absolute atomic E-state index is 0.0677. The van der Waals surface area contributed by atoms with Crippen molar-refractivity contribution in [3.63, 3.8) is 0 Å². The van der Waals surface area contributed by atoms with Gasteiger partial charge in [0.2, 0.25) is 5.91 Å². The molecule has 2 aromatic carbocycles. The van der Waals surface area contributed by atoms with Crippen LogP contribution in [0.4, 0.5) is 10.6 Å². The number of benzene rings is 2. The van der Waals surface area contributed by atoms with Crippen LogP contribution >= 0.6 is 0 Å². The van der Waals surface area contributed by atoms with E-state index in [0.717, 1.165) is 35.1 Å². The molecule has 1 saturated heterocycles. The van der Waals surface area contributed by atoms with Crippen LogP contribution in [0.3, 0.4) is 0 Å². The van der Waals surface area contributed by atoms with Gasteiger partial charge in [-0.2, -0.15) is 0 Å². The van der Waals surface area contributed by atoms with Gasteiger partial charge in [0, 0.05) is 95.1 Å². The van der Waals surface area contributed by atoms with Gasteiger partial charge in [-0.3, -0.25) is 24.3 Å².